The summed E-state index contributed by atoms with van der Waals surface area (Å²) in [7, 11) is 1.69. The molecule has 3 aromatic heterocycles. The van der Waals surface area contributed by atoms with Crippen LogP contribution in [-0.4, -0.2) is 45.1 Å². The highest BCUT2D eigenvalue weighted by Gasteiger charge is 2.51. The van der Waals surface area contributed by atoms with Gasteiger partial charge in [0.1, 0.15) is 18.1 Å². The number of amides is 1. The van der Waals surface area contributed by atoms with Gasteiger partial charge in [0.25, 0.3) is 0 Å². The molecule has 186 valence electrons. The number of hydrogen-bond donors (Lipinski definition) is 3. The van der Waals surface area contributed by atoms with Crippen molar-refractivity contribution in [3.8, 4) is 0 Å². The van der Waals surface area contributed by atoms with Gasteiger partial charge in [-0.2, -0.15) is 0 Å². The average Bonchev–Trinajstić information content (AvgIpc) is 3.43. The molecular weight excluding hydrogens is 468 g/mol. The Labute approximate surface area is 212 Å². The number of carbonyl (C=O) groups is 1. The number of rotatable bonds is 6. The van der Waals surface area contributed by atoms with E-state index in [1.54, 1.807) is 25.7 Å². The molecule has 0 radical (unpaired) electrons. The maximum atomic E-state index is 12.9. The number of aromatic amines is 1. The Kier molecular flexibility index (Phi) is 5.19. The van der Waals surface area contributed by atoms with E-state index >= 15 is 0 Å². The van der Waals surface area contributed by atoms with Gasteiger partial charge in [0.05, 0.1) is 29.9 Å². The van der Waals surface area contributed by atoms with Gasteiger partial charge in [-0.3, -0.25) is 19.7 Å². The van der Waals surface area contributed by atoms with Crippen LogP contribution in [0.3, 0.4) is 0 Å². The Morgan fingerprint density at radius 3 is 2.89 bits per heavy atom. The van der Waals surface area contributed by atoms with Crippen molar-refractivity contribution in [3.05, 3.63) is 89.8 Å². The first-order valence-electron chi connectivity index (χ1n) is 12.4. The lowest BCUT2D eigenvalue weighted by Crippen LogP contribution is -2.50. The number of aromatic nitrogens is 3. The second-order valence-corrected chi connectivity index (χ2v) is 9.49. The molecule has 1 amide bonds. The number of likely N-dealkylation sites (N-methyl/N-ethyl adjacent to an activating group) is 1. The van der Waals surface area contributed by atoms with Crippen LogP contribution in [0.5, 0.6) is 0 Å². The van der Waals surface area contributed by atoms with Crippen molar-refractivity contribution < 1.29 is 13.9 Å². The van der Waals surface area contributed by atoms with Crippen molar-refractivity contribution in [1.29, 1.82) is 0 Å². The quantitative estimate of drug-likeness (QED) is 0.307. The maximum Gasteiger partial charge on any atom is 0.237 e. The zero-order valence-corrected chi connectivity index (χ0v) is 20.3. The lowest BCUT2D eigenvalue weighted by Gasteiger charge is -2.33. The molecule has 0 spiro atoms. The number of anilines is 1. The van der Waals surface area contributed by atoms with Crippen LogP contribution in [0, 0.1) is 0 Å². The second-order valence-electron chi connectivity index (χ2n) is 9.49. The Morgan fingerprint density at radius 2 is 2.00 bits per heavy atom. The zero-order chi connectivity index (χ0) is 24.9. The lowest BCUT2D eigenvalue weighted by molar-refractivity contribution is -0.127. The van der Waals surface area contributed by atoms with E-state index in [4.69, 9.17) is 9.15 Å². The molecule has 2 aromatic carbocycles. The van der Waals surface area contributed by atoms with E-state index in [0.717, 1.165) is 39.3 Å². The number of nitrogens with zero attached hydrogens (tertiary/aromatic N) is 3. The fraction of sp³-hybridized carbons (Fsp3) is 0.250. The van der Waals surface area contributed by atoms with Crippen LogP contribution in [0.4, 0.5) is 5.69 Å². The minimum Gasteiger partial charge on any atom is -0.467 e. The molecule has 0 bridgehead atoms. The lowest BCUT2D eigenvalue weighted by atomic mass is 9.95. The summed E-state index contributed by atoms with van der Waals surface area (Å²) in [5.74, 6) is 0.810. The monoisotopic (exact) mass is 494 g/mol. The van der Waals surface area contributed by atoms with Gasteiger partial charge in [-0.25, -0.2) is 0 Å². The number of fused-ring (bicyclic) bond motifs is 4. The molecule has 0 saturated carbocycles. The molecule has 37 heavy (non-hydrogen) atoms. The van der Waals surface area contributed by atoms with Gasteiger partial charge in [-0.05, 0) is 42.3 Å². The van der Waals surface area contributed by atoms with Crippen molar-refractivity contribution in [3.63, 3.8) is 0 Å². The van der Waals surface area contributed by atoms with Crippen LogP contribution >= 0.6 is 0 Å². The zero-order valence-electron chi connectivity index (χ0n) is 20.3. The first-order chi connectivity index (χ1) is 18.2. The van der Waals surface area contributed by atoms with Gasteiger partial charge in [-0.15, -0.1) is 0 Å². The summed E-state index contributed by atoms with van der Waals surface area (Å²) in [6, 6.07) is 15.8. The molecule has 5 aromatic rings. The van der Waals surface area contributed by atoms with Crippen LogP contribution in [0.1, 0.15) is 28.7 Å². The molecular formula is C28H26N6O3. The van der Waals surface area contributed by atoms with E-state index in [9.17, 15) is 4.79 Å². The molecule has 9 heteroatoms. The number of nitrogens with one attached hydrogen (secondary N) is 3. The topological polar surface area (TPSA) is 112 Å². The number of epoxide rings is 1. The summed E-state index contributed by atoms with van der Waals surface area (Å²) in [4.78, 5) is 27.3. The highest BCUT2D eigenvalue weighted by atomic mass is 16.6. The van der Waals surface area contributed by atoms with E-state index in [-0.39, 0.29) is 24.3 Å². The molecule has 1 fully saturated rings. The second kappa shape index (κ2) is 8.72. The maximum absolute atomic E-state index is 12.9. The van der Waals surface area contributed by atoms with E-state index in [1.165, 1.54) is 10.9 Å². The minimum atomic E-state index is -0.307. The summed E-state index contributed by atoms with van der Waals surface area (Å²) in [6.45, 7) is 1.12. The number of ether oxygens (including phenoxy) is 1. The van der Waals surface area contributed by atoms with Crippen molar-refractivity contribution >= 4 is 33.5 Å². The van der Waals surface area contributed by atoms with E-state index < -0.39 is 0 Å². The molecule has 0 aliphatic carbocycles. The number of hydrogen-bond acceptors (Lipinski definition) is 7. The Bertz CT molecular complexity index is 1620. The first-order valence-corrected chi connectivity index (χ1v) is 12.4. The molecule has 3 N–H and O–H groups in total. The smallest absolute Gasteiger partial charge is 0.237 e. The highest BCUT2D eigenvalue weighted by Crippen LogP contribution is 2.46. The van der Waals surface area contributed by atoms with Crippen LogP contribution < -0.4 is 10.6 Å². The van der Waals surface area contributed by atoms with Crippen molar-refractivity contribution in [2.75, 3.05) is 12.4 Å². The minimum absolute atomic E-state index is 0.00123. The third-order valence-electron chi connectivity index (χ3n) is 7.39. The predicted octanol–water partition coefficient (Wildman–Crippen LogP) is 3.89. The number of para-hydroxylation sites is 1. The molecule has 2 aliphatic heterocycles. The summed E-state index contributed by atoms with van der Waals surface area (Å²) < 4.78 is 12.0. The van der Waals surface area contributed by atoms with Crippen LogP contribution in [0.15, 0.2) is 71.6 Å². The van der Waals surface area contributed by atoms with Gasteiger partial charge in [0.15, 0.2) is 0 Å². The van der Waals surface area contributed by atoms with Gasteiger partial charge < -0.3 is 24.8 Å². The predicted molar refractivity (Wildman–Crippen MR) is 139 cm³/mol. The molecule has 2 aliphatic rings. The standard InChI is InChI=1S/C28H26N6O3/c1-29-27(35)24-13-19-17-4-2-3-5-20(17)33-23(19)15-34(24)28-26(37-28)18-8-11-36-25(18)14-32-16-6-7-21-22(12-16)31-10-9-30-21/h2-12,24,26,28,32-33H,13-15H2,1H3,(H,29,35)/t24-,26?,28?/m1/s1. The fourth-order valence-corrected chi connectivity index (χ4v) is 5.49. The molecule has 7 rings (SSSR count). The summed E-state index contributed by atoms with van der Waals surface area (Å²) in [5.41, 5.74) is 7.07. The van der Waals surface area contributed by atoms with Crippen molar-refractivity contribution in [2.45, 2.75) is 37.9 Å². The highest BCUT2D eigenvalue weighted by molar-refractivity contribution is 5.88. The Hall–Kier alpha value is -4.21. The summed E-state index contributed by atoms with van der Waals surface area (Å²) in [6.07, 6.45) is 5.35. The van der Waals surface area contributed by atoms with E-state index in [1.807, 2.05) is 36.4 Å². The van der Waals surface area contributed by atoms with Gasteiger partial charge >= 0.3 is 0 Å². The molecule has 3 atom stereocenters. The molecule has 1 saturated heterocycles. The fourth-order valence-electron chi connectivity index (χ4n) is 5.49. The number of furan rings is 1. The van der Waals surface area contributed by atoms with Crippen molar-refractivity contribution in [2.24, 2.45) is 0 Å². The van der Waals surface area contributed by atoms with Crippen LogP contribution in [0.2, 0.25) is 0 Å². The number of benzene rings is 2. The van der Waals surface area contributed by atoms with Crippen LogP contribution in [0.25, 0.3) is 21.9 Å². The number of H-pyrrole nitrogens is 1. The number of carbonyl (C=O) groups excluding carboxylic acids is 1. The van der Waals surface area contributed by atoms with E-state index in [0.29, 0.717) is 19.5 Å². The third kappa shape index (κ3) is 3.83. The summed E-state index contributed by atoms with van der Waals surface area (Å²) in [5, 5.41) is 7.45. The van der Waals surface area contributed by atoms with Gasteiger partial charge in [-0.1, -0.05) is 18.2 Å². The van der Waals surface area contributed by atoms with E-state index in [2.05, 4.69) is 42.6 Å². The Morgan fingerprint density at radius 1 is 1.14 bits per heavy atom. The first kappa shape index (κ1) is 22.0. The average molecular weight is 495 g/mol. The van der Waals surface area contributed by atoms with Crippen LogP contribution in [-0.2, 0) is 29.0 Å². The third-order valence-corrected chi connectivity index (χ3v) is 7.39. The van der Waals surface area contributed by atoms with Gasteiger partial charge in [0, 0.05) is 53.8 Å². The largest absolute Gasteiger partial charge is 0.467 e. The molecule has 9 nitrogen and oxygen atoms in total. The SMILES string of the molecule is CNC(=O)[C@H]1Cc2c([nH]c3ccccc23)CN1C1OC1c1ccoc1CNc1ccc2nccnc2c1. The van der Waals surface area contributed by atoms with Crippen molar-refractivity contribution in [1.82, 2.24) is 25.2 Å². The summed E-state index contributed by atoms with van der Waals surface area (Å²) >= 11 is 0. The van der Waals surface area contributed by atoms with Gasteiger partial charge in [0.2, 0.25) is 5.91 Å². The normalized spacial score (nSPS) is 21.2. The molecule has 5 heterocycles. The Balaban J connectivity index is 1.11. The molecule has 2 unspecified atom stereocenters.